The number of hydrogen-bond donors (Lipinski definition) is 2. The number of rotatable bonds is 1. The molecule has 1 aromatic rings. The maximum Gasteiger partial charge on any atom is 0.339 e. The number of nitrogen functional groups attached to an aromatic ring is 1. The van der Waals surface area contributed by atoms with Crippen LogP contribution in [0.4, 0.5) is 5.69 Å². The highest BCUT2D eigenvalue weighted by Crippen LogP contribution is 2.14. The molecule has 2 N–H and O–H groups in total. The Morgan fingerprint density at radius 1 is 1.60 bits per heavy atom. The van der Waals surface area contributed by atoms with Crippen molar-refractivity contribution in [2.75, 3.05) is 18.6 Å². The van der Waals surface area contributed by atoms with Gasteiger partial charge in [-0.3, -0.25) is 0 Å². The highest BCUT2D eigenvalue weighted by Gasteiger charge is 2.08. The van der Waals surface area contributed by atoms with Crippen LogP contribution in [0.25, 0.3) is 0 Å². The molecule has 0 unspecified atom stereocenters. The van der Waals surface area contributed by atoms with E-state index < -0.39 is 5.97 Å². The van der Waals surface area contributed by atoms with Crippen molar-refractivity contribution in [3.05, 3.63) is 29.3 Å². The van der Waals surface area contributed by atoms with Crippen LogP contribution in [0.5, 0.6) is 0 Å². The summed E-state index contributed by atoms with van der Waals surface area (Å²) in [6.45, 7) is 0. The average Bonchev–Trinajstić information content (AvgIpc) is 2.25. The molecule has 0 aliphatic heterocycles. The number of carbonyl (C=O) groups excluding carboxylic acids is 1. The Labute approximate surface area is 94.0 Å². The van der Waals surface area contributed by atoms with Crippen LogP contribution in [0.3, 0.4) is 0 Å². The van der Waals surface area contributed by atoms with E-state index >= 15 is 0 Å². The van der Waals surface area contributed by atoms with Gasteiger partial charge in [0.1, 0.15) is 0 Å². The van der Waals surface area contributed by atoms with Crippen molar-refractivity contribution < 1.29 is 9.53 Å². The van der Waals surface area contributed by atoms with Gasteiger partial charge in [-0.15, -0.1) is 0 Å². The lowest BCUT2D eigenvalue weighted by Gasteiger charge is -2.03. The van der Waals surface area contributed by atoms with Crippen molar-refractivity contribution in [2.24, 2.45) is 0 Å². The minimum Gasteiger partial charge on any atom is -0.465 e. The number of ether oxygens (including phenoxy) is 1. The molecule has 0 radical (unpaired) electrons. The third kappa shape index (κ3) is 2.93. The molecule has 1 aromatic carbocycles. The summed E-state index contributed by atoms with van der Waals surface area (Å²) < 4.78 is 4.57. The van der Waals surface area contributed by atoms with E-state index in [1.807, 2.05) is 0 Å². The number of benzene rings is 1. The number of hydrogen-bond acceptors (Lipinski definition) is 4. The Balaban J connectivity index is 3.03. The molecular formula is C11H11NO2S. The molecule has 0 saturated carbocycles. The largest absolute Gasteiger partial charge is 0.465 e. The van der Waals surface area contributed by atoms with Gasteiger partial charge in [0.2, 0.25) is 0 Å². The van der Waals surface area contributed by atoms with Gasteiger partial charge < -0.3 is 10.5 Å². The predicted molar refractivity (Wildman–Crippen MR) is 62.9 cm³/mol. The second-order valence-corrected chi connectivity index (χ2v) is 3.07. The molecule has 1 rings (SSSR count). The van der Waals surface area contributed by atoms with Crippen LogP contribution in [-0.2, 0) is 4.74 Å². The summed E-state index contributed by atoms with van der Waals surface area (Å²) in [6.07, 6.45) is 0. The van der Waals surface area contributed by atoms with Crippen molar-refractivity contribution in [3.8, 4) is 11.8 Å². The van der Waals surface area contributed by atoms with E-state index in [0.29, 0.717) is 17.0 Å². The molecule has 0 spiro atoms. The minimum atomic E-state index is -0.443. The van der Waals surface area contributed by atoms with Crippen molar-refractivity contribution in [3.63, 3.8) is 0 Å². The zero-order chi connectivity index (χ0) is 11.3. The van der Waals surface area contributed by atoms with Gasteiger partial charge in [0, 0.05) is 11.3 Å². The van der Waals surface area contributed by atoms with E-state index in [1.54, 1.807) is 18.2 Å². The first kappa shape index (κ1) is 11.5. The number of anilines is 1. The Kier molecular flexibility index (Phi) is 4.07. The molecule has 4 heteroatoms. The molecular weight excluding hydrogens is 210 g/mol. The van der Waals surface area contributed by atoms with Crippen LogP contribution in [0, 0.1) is 11.8 Å². The third-order valence-electron chi connectivity index (χ3n) is 1.77. The van der Waals surface area contributed by atoms with Crippen molar-refractivity contribution in [1.29, 1.82) is 0 Å². The van der Waals surface area contributed by atoms with Gasteiger partial charge in [0.25, 0.3) is 0 Å². The van der Waals surface area contributed by atoms with E-state index in [2.05, 4.69) is 29.2 Å². The van der Waals surface area contributed by atoms with E-state index in [1.165, 1.54) is 7.11 Å². The monoisotopic (exact) mass is 221 g/mol. The van der Waals surface area contributed by atoms with Gasteiger partial charge in [-0.1, -0.05) is 11.8 Å². The van der Waals surface area contributed by atoms with Crippen LogP contribution in [0.1, 0.15) is 15.9 Å². The second kappa shape index (κ2) is 5.32. The first-order chi connectivity index (χ1) is 7.19. The highest BCUT2D eigenvalue weighted by molar-refractivity contribution is 7.80. The Bertz CT molecular complexity index is 432. The van der Waals surface area contributed by atoms with E-state index in [4.69, 9.17) is 5.73 Å². The van der Waals surface area contributed by atoms with Crippen LogP contribution in [0.15, 0.2) is 18.2 Å². The summed E-state index contributed by atoms with van der Waals surface area (Å²) in [6, 6.07) is 4.96. The molecule has 3 nitrogen and oxygen atoms in total. The summed E-state index contributed by atoms with van der Waals surface area (Å²) in [4.78, 5) is 11.2. The SMILES string of the molecule is COC(=O)c1ccc(C#CCS)cc1N. The summed E-state index contributed by atoms with van der Waals surface area (Å²) in [5.41, 5.74) is 7.16. The van der Waals surface area contributed by atoms with Crippen molar-refractivity contribution in [2.45, 2.75) is 0 Å². The molecule has 0 saturated heterocycles. The van der Waals surface area contributed by atoms with Gasteiger partial charge in [-0.2, -0.15) is 12.6 Å². The lowest BCUT2D eigenvalue weighted by Crippen LogP contribution is -2.05. The minimum absolute atomic E-state index is 0.355. The highest BCUT2D eigenvalue weighted by atomic mass is 32.1. The normalized spacial score (nSPS) is 8.93. The second-order valence-electron chi connectivity index (χ2n) is 2.75. The lowest BCUT2D eigenvalue weighted by molar-refractivity contribution is 0.0602. The number of carbonyl (C=O) groups is 1. The molecule has 0 amide bonds. The molecule has 0 aliphatic carbocycles. The van der Waals surface area contributed by atoms with Crippen LogP contribution >= 0.6 is 12.6 Å². The maximum absolute atomic E-state index is 11.2. The first-order valence-corrected chi connectivity index (χ1v) is 4.90. The number of esters is 1. The topological polar surface area (TPSA) is 52.3 Å². The Morgan fingerprint density at radius 3 is 2.87 bits per heavy atom. The van der Waals surface area contributed by atoms with Crippen LogP contribution in [0.2, 0.25) is 0 Å². The Hall–Kier alpha value is -1.60. The van der Waals surface area contributed by atoms with E-state index in [0.717, 1.165) is 5.56 Å². The number of methoxy groups -OCH3 is 1. The van der Waals surface area contributed by atoms with Gasteiger partial charge in [-0.05, 0) is 18.2 Å². The van der Waals surface area contributed by atoms with Crippen LogP contribution in [-0.4, -0.2) is 18.8 Å². The number of thiol groups is 1. The zero-order valence-electron chi connectivity index (χ0n) is 8.28. The fraction of sp³-hybridized carbons (Fsp3) is 0.182. The average molecular weight is 221 g/mol. The summed E-state index contributed by atoms with van der Waals surface area (Å²) in [5, 5.41) is 0. The van der Waals surface area contributed by atoms with Crippen LogP contribution < -0.4 is 5.73 Å². The molecule has 15 heavy (non-hydrogen) atoms. The summed E-state index contributed by atoms with van der Waals surface area (Å²) >= 11 is 3.97. The smallest absolute Gasteiger partial charge is 0.339 e. The van der Waals surface area contributed by atoms with Crippen molar-refractivity contribution in [1.82, 2.24) is 0 Å². The molecule has 0 aliphatic rings. The molecule has 0 atom stereocenters. The number of nitrogens with two attached hydrogens (primary N) is 1. The van der Waals surface area contributed by atoms with E-state index in [-0.39, 0.29) is 0 Å². The summed E-state index contributed by atoms with van der Waals surface area (Å²) in [5.74, 6) is 5.70. The Morgan fingerprint density at radius 2 is 2.33 bits per heavy atom. The zero-order valence-corrected chi connectivity index (χ0v) is 9.17. The van der Waals surface area contributed by atoms with Gasteiger partial charge in [0.05, 0.1) is 18.4 Å². The van der Waals surface area contributed by atoms with Crippen molar-refractivity contribution >= 4 is 24.3 Å². The van der Waals surface area contributed by atoms with Gasteiger partial charge in [-0.25, -0.2) is 4.79 Å². The fourth-order valence-electron chi connectivity index (χ4n) is 1.08. The standard InChI is InChI=1S/C11H11NO2S/c1-14-11(13)9-5-4-8(3-2-6-15)7-10(9)12/h4-5,7,15H,6,12H2,1H3. The quantitative estimate of drug-likeness (QED) is 0.325. The molecule has 0 bridgehead atoms. The first-order valence-electron chi connectivity index (χ1n) is 4.26. The molecule has 0 heterocycles. The fourth-order valence-corrected chi connectivity index (χ4v) is 1.16. The summed E-state index contributed by atoms with van der Waals surface area (Å²) in [7, 11) is 1.32. The molecule has 0 fully saturated rings. The van der Waals surface area contributed by atoms with Gasteiger partial charge >= 0.3 is 5.97 Å². The third-order valence-corrected chi connectivity index (χ3v) is 1.93. The van der Waals surface area contributed by atoms with Gasteiger partial charge in [0.15, 0.2) is 0 Å². The molecule has 78 valence electrons. The maximum atomic E-state index is 11.2. The van der Waals surface area contributed by atoms with E-state index in [9.17, 15) is 4.79 Å². The molecule has 0 aromatic heterocycles. The lowest BCUT2D eigenvalue weighted by atomic mass is 10.1. The predicted octanol–water partition coefficient (Wildman–Crippen LogP) is 1.34.